The Bertz CT molecular complexity index is 471. The quantitative estimate of drug-likeness (QED) is 0.895. The second-order valence-corrected chi connectivity index (χ2v) is 4.59. The van der Waals surface area contributed by atoms with Crippen LogP contribution in [0.2, 0.25) is 0 Å². The molecule has 0 radical (unpaired) electrons. The smallest absolute Gasteiger partial charge is 0.404 e. The number of benzene rings is 1. The van der Waals surface area contributed by atoms with Crippen molar-refractivity contribution in [2.24, 2.45) is 0 Å². The number of rotatable bonds is 4. The predicted molar refractivity (Wildman–Crippen MR) is 67.4 cm³/mol. The zero-order valence-corrected chi connectivity index (χ0v) is 10.7. The van der Waals surface area contributed by atoms with Crippen molar-refractivity contribution in [3.05, 3.63) is 24.3 Å². The van der Waals surface area contributed by atoms with Gasteiger partial charge < -0.3 is 15.4 Å². The Morgan fingerprint density at radius 1 is 1.40 bits per heavy atom. The molecule has 7 heteroatoms. The first-order valence-electron chi connectivity index (χ1n) is 6.32. The number of carbonyl (C=O) groups is 1. The molecule has 1 aromatic carbocycles. The number of amides is 1. The number of carbonyl (C=O) groups excluding carboxylic acids is 1. The van der Waals surface area contributed by atoms with Crippen LogP contribution < -0.4 is 15.4 Å². The van der Waals surface area contributed by atoms with E-state index in [1.807, 2.05) is 0 Å². The van der Waals surface area contributed by atoms with Gasteiger partial charge in [-0.05, 0) is 31.5 Å². The third-order valence-corrected chi connectivity index (χ3v) is 2.98. The molecule has 2 rings (SSSR count). The Hall–Kier alpha value is -1.76. The van der Waals surface area contributed by atoms with E-state index in [-0.39, 0.29) is 24.1 Å². The van der Waals surface area contributed by atoms with Crippen LogP contribution in [-0.4, -0.2) is 24.9 Å². The number of nitrogens with one attached hydrogen (secondary N) is 2. The van der Waals surface area contributed by atoms with E-state index < -0.39 is 12.1 Å². The average Bonchev–Trinajstić information content (AvgIpc) is 2.82. The number of para-hydroxylation sites is 2. The van der Waals surface area contributed by atoms with E-state index >= 15 is 0 Å². The lowest BCUT2D eigenvalue weighted by Gasteiger charge is -2.15. The van der Waals surface area contributed by atoms with Crippen LogP contribution in [0.15, 0.2) is 24.3 Å². The van der Waals surface area contributed by atoms with Crippen LogP contribution in [0.4, 0.5) is 18.9 Å². The maximum Gasteiger partial charge on any atom is 0.573 e. The zero-order valence-electron chi connectivity index (χ0n) is 10.7. The number of halogens is 3. The summed E-state index contributed by atoms with van der Waals surface area (Å²) in [5.74, 6) is -0.740. The summed E-state index contributed by atoms with van der Waals surface area (Å²) in [6.45, 7) is 0.867. The SMILES string of the molecule is O=C(CC1CCCN1)Nc1ccccc1OC(F)(F)F. The number of hydrogen-bond acceptors (Lipinski definition) is 3. The Morgan fingerprint density at radius 2 is 2.15 bits per heavy atom. The minimum atomic E-state index is -4.78. The Kier molecular flexibility index (Phi) is 4.49. The lowest BCUT2D eigenvalue weighted by atomic mass is 10.1. The Balaban J connectivity index is 1.99. The third kappa shape index (κ3) is 4.41. The predicted octanol–water partition coefficient (Wildman–Crippen LogP) is 2.67. The first-order valence-corrected chi connectivity index (χ1v) is 6.32. The van der Waals surface area contributed by atoms with Crippen molar-refractivity contribution in [1.29, 1.82) is 0 Å². The van der Waals surface area contributed by atoms with Gasteiger partial charge in [0.05, 0.1) is 5.69 Å². The van der Waals surface area contributed by atoms with E-state index in [4.69, 9.17) is 0 Å². The molecule has 20 heavy (non-hydrogen) atoms. The van der Waals surface area contributed by atoms with Crippen LogP contribution in [0, 0.1) is 0 Å². The maximum atomic E-state index is 12.2. The summed E-state index contributed by atoms with van der Waals surface area (Å²) in [6, 6.07) is 5.57. The van der Waals surface area contributed by atoms with Crippen molar-refractivity contribution in [2.75, 3.05) is 11.9 Å². The molecule has 1 fully saturated rings. The first kappa shape index (κ1) is 14.6. The van der Waals surface area contributed by atoms with Gasteiger partial charge in [0.15, 0.2) is 5.75 Å². The zero-order chi connectivity index (χ0) is 14.6. The van der Waals surface area contributed by atoms with Gasteiger partial charge in [0.25, 0.3) is 0 Å². The molecule has 0 aromatic heterocycles. The molecule has 110 valence electrons. The summed E-state index contributed by atoms with van der Waals surface area (Å²) in [7, 11) is 0. The van der Waals surface area contributed by atoms with Crippen molar-refractivity contribution in [3.8, 4) is 5.75 Å². The molecule has 1 atom stereocenters. The average molecular weight is 288 g/mol. The Labute approximate surface area is 114 Å². The van der Waals surface area contributed by atoms with Gasteiger partial charge in [-0.25, -0.2) is 0 Å². The molecule has 1 heterocycles. The molecule has 1 aliphatic rings. The van der Waals surface area contributed by atoms with Crippen LogP contribution in [0.1, 0.15) is 19.3 Å². The molecule has 1 saturated heterocycles. The normalized spacial score (nSPS) is 18.9. The van der Waals surface area contributed by atoms with Crippen LogP contribution in [0.25, 0.3) is 0 Å². The fourth-order valence-corrected chi connectivity index (χ4v) is 2.14. The minimum absolute atomic E-state index is 0.0211. The topological polar surface area (TPSA) is 50.4 Å². The van der Waals surface area contributed by atoms with Gasteiger partial charge in [-0.2, -0.15) is 0 Å². The molecule has 1 amide bonds. The van der Waals surface area contributed by atoms with E-state index in [1.165, 1.54) is 18.2 Å². The van der Waals surface area contributed by atoms with Crippen LogP contribution in [0.5, 0.6) is 5.75 Å². The van der Waals surface area contributed by atoms with Gasteiger partial charge in [0.1, 0.15) is 0 Å². The van der Waals surface area contributed by atoms with Gasteiger partial charge in [-0.3, -0.25) is 4.79 Å². The van der Waals surface area contributed by atoms with Crippen molar-refractivity contribution < 1.29 is 22.7 Å². The van der Waals surface area contributed by atoms with E-state index in [9.17, 15) is 18.0 Å². The monoisotopic (exact) mass is 288 g/mol. The van der Waals surface area contributed by atoms with Crippen LogP contribution in [-0.2, 0) is 4.79 Å². The molecule has 1 aliphatic heterocycles. The summed E-state index contributed by atoms with van der Waals surface area (Å²) in [4.78, 5) is 11.8. The van der Waals surface area contributed by atoms with Gasteiger partial charge >= 0.3 is 6.36 Å². The highest BCUT2D eigenvalue weighted by Crippen LogP contribution is 2.30. The molecule has 0 saturated carbocycles. The van der Waals surface area contributed by atoms with Crippen LogP contribution in [0.3, 0.4) is 0 Å². The molecule has 0 bridgehead atoms. The number of alkyl halides is 3. The highest BCUT2D eigenvalue weighted by molar-refractivity contribution is 5.92. The highest BCUT2D eigenvalue weighted by atomic mass is 19.4. The molecule has 4 nitrogen and oxygen atoms in total. The van der Waals surface area contributed by atoms with Crippen molar-refractivity contribution in [3.63, 3.8) is 0 Å². The second kappa shape index (κ2) is 6.13. The molecular weight excluding hydrogens is 273 g/mol. The first-order chi connectivity index (χ1) is 9.44. The van der Waals surface area contributed by atoms with Gasteiger partial charge in [0.2, 0.25) is 5.91 Å². The minimum Gasteiger partial charge on any atom is -0.404 e. The fraction of sp³-hybridized carbons (Fsp3) is 0.462. The number of anilines is 1. The van der Waals surface area contributed by atoms with E-state index in [0.29, 0.717) is 0 Å². The number of hydrogen-bond donors (Lipinski definition) is 2. The van der Waals surface area contributed by atoms with E-state index in [0.717, 1.165) is 25.5 Å². The summed E-state index contributed by atoms with van der Waals surface area (Å²) in [5.41, 5.74) is 0.0211. The lowest BCUT2D eigenvalue weighted by molar-refractivity contribution is -0.274. The molecule has 0 aliphatic carbocycles. The van der Waals surface area contributed by atoms with Gasteiger partial charge in [0, 0.05) is 12.5 Å². The maximum absolute atomic E-state index is 12.2. The van der Waals surface area contributed by atoms with Crippen molar-refractivity contribution in [2.45, 2.75) is 31.7 Å². The largest absolute Gasteiger partial charge is 0.573 e. The summed E-state index contributed by atoms with van der Waals surface area (Å²) >= 11 is 0. The molecular formula is C13H15F3N2O2. The second-order valence-electron chi connectivity index (χ2n) is 4.59. The van der Waals surface area contributed by atoms with Crippen molar-refractivity contribution in [1.82, 2.24) is 5.32 Å². The van der Waals surface area contributed by atoms with Gasteiger partial charge in [-0.15, -0.1) is 13.2 Å². The summed E-state index contributed by atoms with van der Waals surface area (Å²) in [5, 5.41) is 5.61. The molecule has 1 unspecified atom stereocenters. The van der Waals surface area contributed by atoms with Gasteiger partial charge in [-0.1, -0.05) is 12.1 Å². The fourth-order valence-electron chi connectivity index (χ4n) is 2.14. The highest BCUT2D eigenvalue weighted by Gasteiger charge is 2.32. The lowest BCUT2D eigenvalue weighted by Crippen LogP contribution is -2.27. The van der Waals surface area contributed by atoms with E-state index in [1.54, 1.807) is 0 Å². The number of ether oxygens (including phenoxy) is 1. The molecule has 2 N–H and O–H groups in total. The molecule has 0 spiro atoms. The van der Waals surface area contributed by atoms with E-state index in [2.05, 4.69) is 15.4 Å². The standard InChI is InChI=1S/C13H15F3N2O2/c14-13(15,16)20-11-6-2-1-5-10(11)18-12(19)8-9-4-3-7-17-9/h1-2,5-6,9,17H,3-4,7-8H2,(H,18,19). The third-order valence-electron chi connectivity index (χ3n) is 2.98. The summed E-state index contributed by atoms with van der Waals surface area (Å²) < 4.78 is 40.6. The van der Waals surface area contributed by atoms with Crippen molar-refractivity contribution >= 4 is 11.6 Å². The summed E-state index contributed by atoms with van der Waals surface area (Å²) in [6.07, 6.45) is -2.64. The van der Waals surface area contributed by atoms with Crippen LogP contribution >= 0.6 is 0 Å². The Morgan fingerprint density at radius 3 is 2.80 bits per heavy atom. The molecule has 1 aromatic rings.